The molecule has 1 atom stereocenters. The second kappa shape index (κ2) is 7.38. The van der Waals surface area contributed by atoms with Crippen molar-refractivity contribution in [2.24, 2.45) is 5.92 Å². The molecule has 3 rings (SSSR count). The number of alkyl halides is 3. The maximum absolute atomic E-state index is 12.8. The number of benzene rings is 1. The molecular weight excluding hydrogens is 379 g/mol. The highest BCUT2D eigenvalue weighted by atomic mass is 32.2. The Morgan fingerprint density at radius 3 is 2.81 bits per heavy atom. The molecule has 0 aliphatic carbocycles. The van der Waals surface area contributed by atoms with E-state index in [4.69, 9.17) is 0 Å². The van der Waals surface area contributed by atoms with Crippen molar-refractivity contribution in [1.29, 1.82) is 0 Å². The molecule has 1 aliphatic rings. The van der Waals surface area contributed by atoms with Crippen LogP contribution >= 0.6 is 11.8 Å². The highest BCUT2D eigenvalue weighted by molar-refractivity contribution is 7.99. The van der Waals surface area contributed by atoms with E-state index in [-0.39, 0.29) is 17.8 Å². The smallest absolute Gasteiger partial charge is 0.326 e. The van der Waals surface area contributed by atoms with Gasteiger partial charge in [0, 0.05) is 29.2 Å². The van der Waals surface area contributed by atoms with Gasteiger partial charge in [-0.1, -0.05) is 24.8 Å². The minimum absolute atomic E-state index is 0.0780. The molecule has 0 radical (unpaired) electrons. The lowest BCUT2D eigenvalue weighted by Crippen LogP contribution is -2.38. The van der Waals surface area contributed by atoms with E-state index in [1.165, 1.54) is 28.5 Å². The van der Waals surface area contributed by atoms with Crippen molar-refractivity contribution < 1.29 is 18.0 Å². The third-order valence-corrected chi connectivity index (χ3v) is 5.57. The number of anilines is 1. The molecule has 2 heterocycles. The number of rotatable bonds is 3. The van der Waals surface area contributed by atoms with Gasteiger partial charge in [-0.05, 0) is 31.5 Å². The predicted molar refractivity (Wildman–Crippen MR) is 96.9 cm³/mol. The summed E-state index contributed by atoms with van der Waals surface area (Å²) >= 11 is 1.30. The Morgan fingerprint density at radius 2 is 2.15 bits per heavy atom. The maximum Gasteiger partial charge on any atom is 0.416 e. The Hall–Kier alpha value is -2.29. The fraction of sp³-hybridized carbons (Fsp3) is 0.389. The summed E-state index contributed by atoms with van der Waals surface area (Å²) in [7, 11) is 0. The van der Waals surface area contributed by atoms with Gasteiger partial charge in [-0.3, -0.25) is 14.2 Å². The van der Waals surface area contributed by atoms with Crippen molar-refractivity contribution in [1.82, 2.24) is 9.55 Å². The van der Waals surface area contributed by atoms with Gasteiger partial charge in [-0.2, -0.15) is 13.2 Å². The number of nitrogens with one attached hydrogen (secondary N) is 1. The Labute approximate surface area is 158 Å². The number of hydrogen-bond donors (Lipinski definition) is 1. The molecule has 1 amide bonds. The van der Waals surface area contributed by atoms with Crippen molar-refractivity contribution in [2.45, 2.75) is 38.1 Å². The summed E-state index contributed by atoms with van der Waals surface area (Å²) in [5.74, 6) is -0.552. The zero-order valence-corrected chi connectivity index (χ0v) is 15.6. The van der Waals surface area contributed by atoms with Crippen molar-refractivity contribution in [3.05, 3.63) is 51.4 Å². The molecule has 1 aliphatic heterocycles. The fourth-order valence-corrected chi connectivity index (χ4v) is 4.10. The fourth-order valence-electron chi connectivity index (χ4n) is 2.98. The van der Waals surface area contributed by atoms with E-state index in [0.717, 1.165) is 12.1 Å². The first-order valence-corrected chi connectivity index (χ1v) is 9.40. The van der Waals surface area contributed by atoms with Gasteiger partial charge in [-0.15, -0.1) is 0 Å². The highest BCUT2D eigenvalue weighted by Crippen LogP contribution is 2.31. The summed E-state index contributed by atoms with van der Waals surface area (Å²) < 4.78 is 39.9. The second-order valence-electron chi connectivity index (χ2n) is 6.30. The van der Waals surface area contributed by atoms with Gasteiger partial charge >= 0.3 is 6.18 Å². The van der Waals surface area contributed by atoms with Crippen LogP contribution in [0, 0.1) is 12.8 Å². The largest absolute Gasteiger partial charge is 0.416 e. The van der Waals surface area contributed by atoms with Crippen LogP contribution in [-0.2, 0) is 23.9 Å². The molecule has 0 unspecified atom stereocenters. The van der Waals surface area contributed by atoms with Gasteiger partial charge in [0.15, 0.2) is 5.16 Å². The molecular formula is C18H18F3N3O2S. The Balaban J connectivity index is 1.80. The minimum Gasteiger partial charge on any atom is -0.326 e. The van der Waals surface area contributed by atoms with E-state index in [0.29, 0.717) is 28.6 Å². The van der Waals surface area contributed by atoms with Gasteiger partial charge in [0.2, 0.25) is 5.91 Å². The van der Waals surface area contributed by atoms with Crippen LogP contribution in [0.2, 0.25) is 0 Å². The summed E-state index contributed by atoms with van der Waals surface area (Å²) in [6, 6.07) is 4.49. The number of amides is 1. The first kappa shape index (κ1) is 19.5. The summed E-state index contributed by atoms with van der Waals surface area (Å²) in [4.78, 5) is 29.6. The number of nitrogens with zero attached hydrogens (tertiary/aromatic N) is 2. The van der Waals surface area contributed by atoms with Gasteiger partial charge < -0.3 is 5.32 Å². The van der Waals surface area contributed by atoms with Crippen LogP contribution in [-0.4, -0.2) is 21.2 Å². The summed E-state index contributed by atoms with van der Waals surface area (Å²) in [5, 5.41) is 3.09. The Kier molecular flexibility index (Phi) is 5.32. The number of aryl methyl sites for hydroxylation is 1. The number of carbonyl (C=O) groups is 1. The topological polar surface area (TPSA) is 64.0 Å². The zero-order valence-electron chi connectivity index (χ0n) is 14.8. The van der Waals surface area contributed by atoms with Crippen molar-refractivity contribution >= 4 is 23.4 Å². The summed E-state index contributed by atoms with van der Waals surface area (Å²) in [6.45, 7) is 3.81. The van der Waals surface area contributed by atoms with E-state index in [2.05, 4.69) is 10.3 Å². The monoisotopic (exact) mass is 397 g/mol. The maximum atomic E-state index is 12.8. The lowest BCUT2D eigenvalue weighted by Gasteiger charge is -2.25. The normalized spacial score (nSPS) is 16.7. The number of hydrogen-bond acceptors (Lipinski definition) is 4. The van der Waals surface area contributed by atoms with Crippen molar-refractivity contribution in [3.8, 4) is 0 Å². The molecule has 9 heteroatoms. The Morgan fingerprint density at radius 1 is 1.41 bits per heavy atom. The molecule has 5 nitrogen and oxygen atoms in total. The number of halogens is 3. The first-order chi connectivity index (χ1) is 12.7. The van der Waals surface area contributed by atoms with Crippen LogP contribution in [0.5, 0.6) is 0 Å². The van der Waals surface area contributed by atoms with E-state index in [9.17, 15) is 22.8 Å². The zero-order chi connectivity index (χ0) is 19.8. The lowest BCUT2D eigenvalue weighted by molar-refractivity contribution is -0.137. The molecule has 0 fully saturated rings. The van der Waals surface area contributed by atoms with Gasteiger partial charge in [0.1, 0.15) is 0 Å². The third kappa shape index (κ3) is 4.02. The molecule has 1 N–H and O–H groups in total. The van der Waals surface area contributed by atoms with E-state index in [1.807, 2.05) is 6.92 Å². The minimum atomic E-state index is -4.48. The lowest BCUT2D eigenvalue weighted by atomic mass is 10.1. The van der Waals surface area contributed by atoms with Gasteiger partial charge in [0.25, 0.3) is 5.56 Å². The SMILES string of the molecule is CCc1c(C)nc2n(c1=O)C[C@H](C(=O)Nc1cccc(C(F)(F)F)c1)CS2. The summed E-state index contributed by atoms with van der Waals surface area (Å²) in [6.07, 6.45) is -3.93. The average Bonchev–Trinajstić information content (AvgIpc) is 2.61. The molecule has 144 valence electrons. The number of thioether (sulfide) groups is 1. The van der Waals surface area contributed by atoms with Gasteiger partial charge in [0.05, 0.1) is 11.5 Å². The Bertz CT molecular complexity index is 940. The van der Waals surface area contributed by atoms with Crippen LogP contribution in [0.25, 0.3) is 0 Å². The molecule has 0 bridgehead atoms. The predicted octanol–water partition coefficient (Wildman–Crippen LogP) is 3.49. The number of fused-ring (bicyclic) bond motifs is 1. The van der Waals surface area contributed by atoms with Crippen LogP contribution in [0.15, 0.2) is 34.2 Å². The molecule has 0 saturated carbocycles. The van der Waals surface area contributed by atoms with Crippen molar-refractivity contribution in [3.63, 3.8) is 0 Å². The molecule has 1 aromatic carbocycles. The van der Waals surface area contributed by atoms with Crippen LogP contribution in [0.4, 0.5) is 18.9 Å². The van der Waals surface area contributed by atoms with Gasteiger partial charge in [-0.25, -0.2) is 4.98 Å². The first-order valence-electron chi connectivity index (χ1n) is 8.42. The third-order valence-electron chi connectivity index (χ3n) is 4.43. The molecule has 2 aromatic rings. The molecule has 0 spiro atoms. The van der Waals surface area contributed by atoms with Crippen molar-refractivity contribution in [2.75, 3.05) is 11.1 Å². The standard InChI is InChI=1S/C18H18F3N3O2S/c1-3-14-10(2)22-17-24(16(14)26)8-11(9-27-17)15(25)23-13-6-4-5-12(7-13)18(19,20)21/h4-7,11H,3,8-9H2,1-2H3,(H,23,25)/t11-/m0/s1. The van der Waals surface area contributed by atoms with E-state index in [1.54, 1.807) is 6.92 Å². The van der Waals surface area contributed by atoms with E-state index < -0.39 is 23.6 Å². The second-order valence-corrected chi connectivity index (χ2v) is 7.29. The number of aromatic nitrogens is 2. The molecule has 0 saturated heterocycles. The summed E-state index contributed by atoms with van der Waals surface area (Å²) in [5.41, 5.74) is 0.386. The molecule has 27 heavy (non-hydrogen) atoms. The number of carbonyl (C=O) groups excluding carboxylic acids is 1. The van der Waals surface area contributed by atoms with Crippen LogP contribution in [0.3, 0.4) is 0 Å². The quantitative estimate of drug-likeness (QED) is 0.806. The van der Waals surface area contributed by atoms with Crippen LogP contribution in [0.1, 0.15) is 23.7 Å². The van der Waals surface area contributed by atoms with E-state index >= 15 is 0 Å². The average molecular weight is 397 g/mol. The molecule has 1 aromatic heterocycles. The van der Waals surface area contributed by atoms with Crippen LogP contribution < -0.4 is 10.9 Å². The highest BCUT2D eigenvalue weighted by Gasteiger charge is 2.31.